The van der Waals surface area contributed by atoms with Crippen LogP contribution in [0.3, 0.4) is 0 Å². The lowest BCUT2D eigenvalue weighted by Crippen LogP contribution is -2.33. The molecule has 1 aliphatic rings. The van der Waals surface area contributed by atoms with Gasteiger partial charge in [-0.05, 0) is 13.5 Å². The van der Waals surface area contributed by atoms with Crippen LogP contribution in [0.2, 0.25) is 0 Å². The third-order valence-corrected chi connectivity index (χ3v) is 4.90. The van der Waals surface area contributed by atoms with Gasteiger partial charge in [-0.25, -0.2) is 13.4 Å². The number of nitrogens with zero attached hydrogens (tertiary/aromatic N) is 3. The van der Waals surface area contributed by atoms with Crippen LogP contribution < -0.4 is 10.2 Å². The number of aromatic nitrogens is 2. The van der Waals surface area contributed by atoms with E-state index >= 15 is 0 Å². The van der Waals surface area contributed by atoms with Gasteiger partial charge in [-0.2, -0.15) is 0 Å². The van der Waals surface area contributed by atoms with E-state index in [4.69, 9.17) is 0 Å². The third kappa shape index (κ3) is 2.97. The molecule has 100 valence electrons. The number of sulfone groups is 1. The zero-order chi connectivity index (χ0) is 13.2. The molecule has 1 aromatic rings. The molecule has 1 aliphatic heterocycles. The number of anilines is 1. The molecule has 7 heteroatoms. The Balaban J connectivity index is 2.13. The molecule has 1 fully saturated rings. The van der Waals surface area contributed by atoms with E-state index in [1.807, 2.05) is 19.0 Å². The molecule has 1 saturated heterocycles. The molecular weight excluding hydrogens is 252 g/mol. The number of rotatable bonds is 4. The minimum Gasteiger partial charge on any atom is -0.354 e. The Labute approximate surface area is 107 Å². The van der Waals surface area contributed by atoms with Crippen molar-refractivity contribution in [3.8, 4) is 0 Å². The van der Waals surface area contributed by atoms with Gasteiger partial charge in [-0.1, -0.05) is 0 Å². The van der Waals surface area contributed by atoms with E-state index in [9.17, 15) is 8.42 Å². The zero-order valence-electron chi connectivity index (χ0n) is 10.6. The minimum atomic E-state index is -2.87. The van der Waals surface area contributed by atoms with Crippen molar-refractivity contribution >= 4 is 15.7 Å². The summed E-state index contributed by atoms with van der Waals surface area (Å²) in [5.74, 6) is 1.21. The molecule has 1 unspecified atom stereocenters. The van der Waals surface area contributed by atoms with Gasteiger partial charge in [0.15, 0.2) is 9.84 Å². The van der Waals surface area contributed by atoms with E-state index in [0.717, 1.165) is 11.5 Å². The first-order valence-electron chi connectivity index (χ1n) is 5.90. The van der Waals surface area contributed by atoms with Crippen molar-refractivity contribution in [2.45, 2.75) is 19.0 Å². The second-order valence-electron chi connectivity index (χ2n) is 4.57. The molecule has 1 aromatic heterocycles. The van der Waals surface area contributed by atoms with Crippen LogP contribution in [0.15, 0.2) is 12.4 Å². The Morgan fingerprint density at radius 2 is 2.28 bits per heavy atom. The molecule has 2 rings (SSSR count). The molecule has 0 spiro atoms. The molecule has 1 N–H and O–H groups in total. The maximum absolute atomic E-state index is 11.5. The highest BCUT2D eigenvalue weighted by molar-refractivity contribution is 7.91. The summed E-state index contributed by atoms with van der Waals surface area (Å²) in [5, 5.41) is 3.02. The van der Waals surface area contributed by atoms with Gasteiger partial charge < -0.3 is 10.2 Å². The van der Waals surface area contributed by atoms with Gasteiger partial charge >= 0.3 is 0 Å². The molecule has 0 saturated carbocycles. The number of nitrogens with one attached hydrogen (secondary N) is 1. The highest BCUT2D eigenvalue weighted by Crippen LogP contribution is 2.20. The summed E-state index contributed by atoms with van der Waals surface area (Å²) in [6.45, 7) is 0.650. The van der Waals surface area contributed by atoms with Gasteiger partial charge in [-0.3, -0.25) is 4.98 Å². The van der Waals surface area contributed by atoms with E-state index in [-0.39, 0.29) is 17.5 Å². The molecule has 0 radical (unpaired) electrons. The normalized spacial score (nSPS) is 22.0. The van der Waals surface area contributed by atoms with Crippen LogP contribution in [0.5, 0.6) is 0 Å². The lowest BCUT2D eigenvalue weighted by atomic mass is 10.2. The fourth-order valence-electron chi connectivity index (χ4n) is 2.10. The van der Waals surface area contributed by atoms with Crippen LogP contribution in [0.25, 0.3) is 0 Å². The summed E-state index contributed by atoms with van der Waals surface area (Å²) in [6.07, 6.45) is 4.04. The van der Waals surface area contributed by atoms with Crippen molar-refractivity contribution in [2.75, 3.05) is 30.5 Å². The first-order valence-corrected chi connectivity index (χ1v) is 7.73. The molecule has 1 atom stereocenters. The van der Waals surface area contributed by atoms with Crippen LogP contribution in [0.4, 0.5) is 5.82 Å². The fourth-order valence-corrected chi connectivity index (χ4v) is 3.87. The molecule has 2 heterocycles. The molecule has 0 amide bonds. The summed E-state index contributed by atoms with van der Waals surface area (Å²) in [5.41, 5.74) is 0.850. The molecular formula is C11H18N4O2S. The minimum absolute atomic E-state index is 0.00846. The molecule has 18 heavy (non-hydrogen) atoms. The summed E-state index contributed by atoms with van der Waals surface area (Å²) in [4.78, 5) is 10.5. The largest absolute Gasteiger partial charge is 0.354 e. The second kappa shape index (κ2) is 5.19. The van der Waals surface area contributed by atoms with Crippen molar-refractivity contribution in [3.05, 3.63) is 18.1 Å². The Morgan fingerprint density at radius 1 is 1.50 bits per heavy atom. The molecule has 0 bridgehead atoms. The van der Waals surface area contributed by atoms with Gasteiger partial charge in [0.05, 0.1) is 23.4 Å². The van der Waals surface area contributed by atoms with Crippen LogP contribution in [0, 0.1) is 0 Å². The predicted octanol–water partition coefficient (Wildman–Crippen LogP) is -0.181. The van der Waals surface area contributed by atoms with E-state index in [0.29, 0.717) is 13.0 Å². The maximum atomic E-state index is 11.5. The molecule has 0 aliphatic carbocycles. The van der Waals surface area contributed by atoms with Crippen LogP contribution >= 0.6 is 0 Å². The Bertz CT molecular complexity index is 518. The van der Waals surface area contributed by atoms with E-state index in [1.165, 1.54) is 0 Å². The van der Waals surface area contributed by atoms with Gasteiger partial charge in [0, 0.05) is 25.8 Å². The van der Waals surface area contributed by atoms with Crippen LogP contribution in [0.1, 0.15) is 12.1 Å². The van der Waals surface area contributed by atoms with Gasteiger partial charge in [0.1, 0.15) is 5.82 Å². The fraction of sp³-hybridized carbons (Fsp3) is 0.636. The number of hydrogen-bond acceptors (Lipinski definition) is 6. The Morgan fingerprint density at radius 3 is 2.89 bits per heavy atom. The lowest BCUT2D eigenvalue weighted by Gasteiger charge is -2.24. The number of hydrogen-bond donors (Lipinski definition) is 1. The topological polar surface area (TPSA) is 75.2 Å². The zero-order valence-corrected chi connectivity index (χ0v) is 11.4. The van der Waals surface area contributed by atoms with E-state index < -0.39 is 9.84 Å². The van der Waals surface area contributed by atoms with Crippen molar-refractivity contribution in [3.63, 3.8) is 0 Å². The predicted molar refractivity (Wildman–Crippen MR) is 70.3 cm³/mol. The van der Waals surface area contributed by atoms with Crippen LogP contribution in [-0.4, -0.2) is 50.0 Å². The quantitative estimate of drug-likeness (QED) is 0.818. The maximum Gasteiger partial charge on any atom is 0.152 e. The van der Waals surface area contributed by atoms with E-state index in [2.05, 4.69) is 15.3 Å². The summed E-state index contributed by atoms with van der Waals surface area (Å²) < 4.78 is 22.9. The first-order chi connectivity index (χ1) is 8.52. The monoisotopic (exact) mass is 270 g/mol. The van der Waals surface area contributed by atoms with E-state index in [1.54, 1.807) is 12.4 Å². The van der Waals surface area contributed by atoms with Crippen molar-refractivity contribution < 1.29 is 8.42 Å². The van der Waals surface area contributed by atoms with Gasteiger partial charge in [0.2, 0.25) is 0 Å². The summed E-state index contributed by atoms with van der Waals surface area (Å²) >= 11 is 0. The lowest BCUT2D eigenvalue weighted by molar-refractivity contribution is 0.600. The highest BCUT2D eigenvalue weighted by atomic mass is 32.2. The van der Waals surface area contributed by atoms with Crippen molar-refractivity contribution in [1.29, 1.82) is 0 Å². The van der Waals surface area contributed by atoms with Crippen LogP contribution in [-0.2, 0) is 16.4 Å². The third-order valence-electron chi connectivity index (χ3n) is 3.15. The summed E-state index contributed by atoms with van der Waals surface area (Å²) in [7, 11) is 0.851. The van der Waals surface area contributed by atoms with Gasteiger partial charge in [-0.15, -0.1) is 0 Å². The summed E-state index contributed by atoms with van der Waals surface area (Å²) in [6, 6.07) is 0.00846. The van der Waals surface area contributed by atoms with Crippen molar-refractivity contribution in [2.24, 2.45) is 0 Å². The SMILES string of the molecule is CNCc1cncc(N(C)C2CCS(=O)(=O)C2)n1. The second-order valence-corrected chi connectivity index (χ2v) is 6.80. The van der Waals surface area contributed by atoms with Gasteiger partial charge in [0.25, 0.3) is 0 Å². The standard InChI is InChI=1S/C11H18N4O2S/c1-12-5-9-6-13-7-11(14-9)15(2)10-3-4-18(16,17)8-10/h6-7,10,12H,3-5,8H2,1-2H3. The molecule has 6 nitrogen and oxygen atoms in total. The first kappa shape index (κ1) is 13.2. The smallest absolute Gasteiger partial charge is 0.152 e. The Hall–Kier alpha value is -1.21. The Kier molecular flexibility index (Phi) is 3.82. The average Bonchev–Trinajstić information content (AvgIpc) is 2.70. The van der Waals surface area contributed by atoms with Crippen molar-refractivity contribution in [1.82, 2.24) is 15.3 Å². The molecule has 0 aromatic carbocycles. The average molecular weight is 270 g/mol. The highest BCUT2D eigenvalue weighted by Gasteiger charge is 2.31.